The van der Waals surface area contributed by atoms with Crippen molar-refractivity contribution in [3.05, 3.63) is 63.9 Å². The van der Waals surface area contributed by atoms with E-state index >= 15 is 0 Å². The minimum Gasteiger partial charge on any atom is -0.481 e. The molecule has 0 aliphatic heterocycles. The van der Waals surface area contributed by atoms with Crippen LogP contribution in [0.2, 0.25) is 0 Å². The second-order valence-electron chi connectivity index (χ2n) is 8.97. The van der Waals surface area contributed by atoms with E-state index in [1.807, 2.05) is 6.07 Å². The highest BCUT2D eigenvalue weighted by molar-refractivity contribution is 5.97. The number of nitrogen functional groups attached to an aromatic ring is 1. The van der Waals surface area contributed by atoms with Crippen molar-refractivity contribution in [1.82, 2.24) is 15.3 Å². The Balaban J connectivity index is 1.50. The van der Waals surface area contributed by atoms with Gasteiger partial charge in [-0.3, -0.25) is 19.4 Å². The Morgan fingerprint density at radius 1 is 1.14 bits per heavy atom. The maximum Gasteiger partial charge on any atom is 0.326 e. The van der Waals surface area contributed by atoms with Gasteiger partial charge in [0.05, 0.1) is 10.9 Å². The summed E-state index contributed by atoms with van der Waals surface area (Å²) in [6.07, 6.45) is 1.71. The van der Waals surface area contributed by atoms with E-state index in [2.05, 4.69) is 20.2 Å². The third-order valence-corrected chi connectivity index (χ3v) is 6.08. The van der Waals surface area contributed by atoms with Gasteiger partial charge < -0.3 is 26.2 Å². The number of aromatic nitrogens is 2. The van der Waals surface area contributed by atoms with Crippen molar-refractivity contribution in [2.45, 2.75) is 38.3 Å². The number of amides is 1. The lowest BCUT2D eigenvalue weighted by atomic mass is 10.1. The normalized spacial score (nSPS) is 13.8. The van der Waals surface area contributed by atoms with Gasteiger partial charge in [-0.25, -0.2) is 9.78 Å². The summed E-state index contributed by atoms with van der Waals surface area (Å²) in [5, 5.41) is 20.9. The monoisotopic (exact) mass is 493 g/mol. The smallest absolute Gasteiger partial charge is 0.326 e. The summed E-state index contributed by atoms with van der Waals surface area (Å²) in [7, 11) is 0. The second-order valence-corrected chi connectivity index (χ2v) is 8.97. The van der Waals surface area contributed by atoms with Gasteiger partial charge in [-0.2, -0.15) is 0 Å². The number of fused-ring (bicyclic) bond motifs is 1. The summed E-state index contributed by atoms with van der Waals surface area (Å²) in [6, 6.07) is 11.0. The number of carbonyl (C=O) groups is 3. The minimum atomic E-state index is -1.29. The highest BCUT2D eigenvalue weighted by Crippen LogP contribution is 2.32. The minimum absolute atomic E-state index is 0.0660. The number of carboxylic acid groups (broad SMARTS) is 2. The number of nitrogens with one attached hydrogen (secondary N) is 2. The number of hydrogen-bond acceptors (Lipinski definition) is 7. The zero-order valence-electron chi connectivity index (χ0n) is 19.4. The molecule has 1 unspecified atom stereocenters. The molecular formula is C25H27N5O6. The molecule has 11 nitrogen and oxygen atoms in total. The van der Waals surface area contributed by atoms with Crippen molar-refractivity contribution >= 4 is 40.4 Å². The molecule has 4 rings (SSSR count). The Morgan fingerprint density at radius 3 is 2.50 bits per heavy atom. The van der Waals surface area contributed by atoms with Crippen LogP contribution in [0.5, 0.6) is 0 Å². The molecule has 0 spiro atoms. The zero-order valence-corrected chi connectivity index (χ0v) is 19.4. The molecule has 1 atom stereocenters. The fourth-order valence-electron chi connectivity index (χ4n) is 3.99. The average molecular weight is 494 g/mol. The predicted molar refractivity (Wildman–Crippen MR) is 133 cm³/mol. The number of nitrogens with two attached hydrogens (primary N) is 1. The van der Waals surface area contributed by atoms with Crippen molar-refractivity contribution in [3.63, 3.8) is 0 Å². The van der Waals surface area contributed by atoms with E-state index in [0.29, 0.717) is 23.4 Å². The van der Waals surface area contributed by atoms with Crippen LogP contribution in [-0.2, 0) is 16.1 Å². The number of aliphatic carboxylic acids is 2. The molecule has 188 valence electrons. The van der Waals surface area contributed by atoms with Gasteiger partial charge in [-0.05, 0) is 67.1 Å². The topological polar surface area (TPSA) is 179 Å². The lowest BCUT2D eigenvalue weighted by Crippen LogP contribution is -2.41. The summed E-state index contributed by atoms with van der Waals surface area (Å²) in [6.45, 7) is 1.36. The molecule has 0 radical (unpaired) electrons. The molecule has 1 heterocycles. The lowest BCUT2D eigenvalue weighted by Gasteiger charge is -2.25. The van der Waals surface area contributed by atoms with Crippen LogP contribution in [0.3, 0.4) is 0 Å². The maximum atomic E-state index is 12.6. The van der Waals surface area contributed by atoms with E-state index in [-0.39, 0.29) is 29.9 Å². The largest absolute Gasteiger partial charge is 0.481 e. The number of nitrogens with zero attached hydrogens (tertiary/aromatic N) is 2. The molecule has 36 heavy (non-hydrogen) atoms. The Hall–Kier alpha value is -4.41. The van der Waals surface area contributed by atoms with Crippen molar-refractivity contribution < 1.29 is 24.6 Å². The van der Waals surface area contributed by atoms with E-state index < -0.39 is 23.9 Å². The van der Waals surface area contributed by atoms with Gasteiger partial charge >= 0.3 is 11.9 Å². The van der Waals surface area contributed by atoms with E-state index in [4.69, 9.17) is 10.8 Å². The molecule has 11 heteroatoms. The Bertz CT molecular complexity index is 1350. The summed E-state index contributed by atoms with van der Waals surface area (Å²) in [5.41, 5.74) is 7.92. The van der Waals surface area contributed by atoms with Crippen molar-refractivity contribution in [2.75, 3.05) is 17.2 Å². The van der Waals surface area contributed by atoms with Crippen LogP contribution >= 0.6 is 0 Å². The van der Waals surface area contributed by atoms with Gasteiger partial charge in [0.2, 0.25) is 5.95 Å². The number of H-pyrrole nitrogens is 1. The summed E-state index contributed by atoms with van der Waals surface area (Å²) < 4.78 is 0. The SMILES string of the molecule is Nc1nc2ccc(CN(CC3CC3)c3ccc(C(=O)NC(CCC(=O)O)C(=O)O)cc3)cc2c(=O)[nH]1. The van der Waals surface area contributed by atoms with Crippen LogP contribution in [-0.4, -0.2) is 50.6 Å². The number of anilines is 2. The number of carbonyl (C=O) groups excluding carboxylic acids is 1. The molecule has 0 bridgehead atoms. The molecule has 6 N–H and O–H groups in total. The highest BCUT2D eigenvalue weighted by atomic mass is 16.4. The fraction of sp³-hybridized carbons (Fsp3) is 0.320. The van der Waals surface area contributed by atoms with E-state index in [1.165, 1.54) is 0 Å². The number of aromatic amines is 1. The fourth-order valence-corrected chi connectivity index (χ4v) is 3.99. The van der Waals surface area contributed by atoms with Gasteiger partial charge in [0, 0.05) is 30.8 Å². The first-order valence-corrected chi connectivity index (χ1v) is 11.6. The van der Waals surface area contributed by atoms with Gasteiger partial charge in [0.25, 0.3) is 11.5 Å². The van der Waals surface area contributed by atoms with Gasteiger partial charge in [0.15, 0.2) is 0 Å². The summed E-state index contributed by atoms with van der Waals surface area (Å²) in [4.78, 5) is 55.8. The van der Waals surface area contributed by atoms with Gasteiger partial charge in [-0.1, -0.05) is 6.07 Å². The Kier molecular flexibility index (Phi) is 7.18. The Morgan fingerprint density at radius 2 is 1.86 bits per heavy atom. The molecule has 1 amide bonds. The van der Waals surface area contributed by atoms with Crippen LogP contribution in [0.1, 0.15) is 41.6 Å². The molecule has 1 saturated carbocycles. The van der Waals surface area contributed by atoms with Crippen LogP contribution in [0.25, 0.3) is 10.9 Å². The number of carboxylic acids is 2. The van der Waals surface area contributed by atoms with E-state index in [1.54, 1.807) is 36.4 Å². The highest BCUT2D eigenvalue weighted by Gasteiger charge is 2.25. The number of benzene rings is 2. The molecule has 1 fully saturated rings. The lowest BCUT2D eigenvalue weighted by molar-refractivity contribution is -0.140. The van der Waals surface area contributed by atoms with E-state index in [9.17, 15) is 24.3 Å². The average Bonchev–Trinajstić information content (AvgIpc) is 3.65. The first kappa shape index (κ1) is 24.7. The van der Waals surface area contributed by atoms with Crippen LogP contribution in [0.4, 0.5) is 11.6 Å². The second kappa shape index (κ2) is 10.5. The maximum absolute atomic E-state index is 12.6. The van der Waals surface area contributed by atoms with Crippen molar-refractivity contribution in [3.8, 4) is 0 Å². The zero-order chi connectivity index (χ0) is 25.8. The first-order chi connectivity index (χ1) is 17.2. The Labute approximate surface area is 206 Å². The van der Waals surface area contributed by atoms with Gasteiger partial charge in [-0.15, -0.1) is 0 Å². The number of hydrogen-bond donors (Lipinski definition) is 5. The third-order valence-electron chi connectivity index (χ3n) is 6.08. The number of rotatable bonds is 11. The molecule has 1 aliphatic rings. The van der Waals surface area contributed by atoms with Crippen molar-refractivity contribution in [1.29, 1.82) is 0 Å². The standard InChI is InChI=1S/C25H27N5O6/c26-25-28-19-8-3-15(11-18(19)23(34)29-25)13-30(12-14-1-2-14)17-6-4-16(5-7-17)22(33)27-20(24(35)36)9-10-21(31)32/h3-8,11,14,20H,1-2,9-10,12-13H2,(H,27,33)(H,31,32)(H,35,36)(H3,26,28,29,34). The molecule has 1 aliphatic carbocycles. The summed E-state index contributed by atoms with van der Waals surface area (Å²) >= 11 is 0. The predicted octanol–water partition coefficient (Wildman–Crippen LogP) is 1.97. The van der Waals surface area contributed by atoms with Gasteiger partial charge in [0.1, 0.15) is 6.04 Å². The van der Waals surface area contributed by atoms with E-state index in [0.717, 1.165) is 30.6 Å². The van der Waals surface area contributed by atoms with Crippen LogP contribution in [0.15, 0.2) is 47.3 Å². The molecule has 3 aromatic rings. The molecular weight excluding hydrogens is 466 g/mol. The van der Waals surface area contributed by atoms with Crippen LogP contribution < -0.4 is 21.5 Å². The quantitative estimate of drug-likeness (QED) is 0.267. The first-order valence-electron chi connectivity index (χ1n) is 11.6. The van der Waals surface area contributed by atoms with Crippen molar-refractivity contribution in [2.24, 2.45) is 5.92 Å². The third kappa shape index (κ3) is 6.17. The molecule has 1 aromatic heterocycles. The molecule has 2 aromatic carbocycles. The van der Waals surface area contributed by atoms with Crippen LogP contribution in [0, 0.1) is 5.92 Å². The molecule has 0 saturated heterocycles. The summed E-state index contributed by atoms with van der Waals surface area (Å²) in [5.74, 6) is -2.37.